The minimum absolute atomic E-state index is 0.0609. The van der Waals surface area contributed by atoms with Crippen molar-refractivity contribution < 1.29 is 4.79 Å². The highest BCUT2D eigenvalue weighted by atomic mass is 32.1. The molecule has 1 aliphatic rings. The fraction of sp³-hybridized carbons (Fsp3) is 0.545. The number of carbonyl (C=O) groups is 1. The van der Waals surface area contributed by atoms with Gasteiger partial charge in [0.15, 0.2) is 0 Å². The van der Waals surface area contributed by atoms with Gasteiger partial charge in [-0.05, 0) is 32.4 Å². The molecule has 3 nitrogen and oxygen atoms in total. The highest BCUT2D eigenvalue weighted by Gasteiger charge is 2.27. The summed E-state index contributed by atoms with van der Waals surface area (Å²) in [7, 11) is 0. The number of amides is 2. The van der Waals surface area contributed by atoms with Crippen LogP contribution in [0.3, 0.4) is 0 Å². The molecule has 0 radical (unpaired) electrons. The van der Waals surface area contributed by atoms with Crippen LogP contribution in [0.5, 0.6) is 0 Å². The van der Waals surface area contributed by atoms with Crippen LogP contribution in [0, 0.1) is 13.8 Å². The second-order valence-electron chi connectivity index (χ2n) is 3.97. The van der Waals surface area contributed by atoms with E-state index in [1.165, 1.54) is 15.3 Å². The summed E-state index contributed by atoms with van der Waals surface area (Å²) >= 11 is 1.80. The maximum Gasteiger partial charge on any atom is 0.318 e. The summed E-state index contributed by atoms with van der Waals surface area (Å²) in [6.45, 7) is 7.91. The van der Waals surface area contributed by atoms with Crippen LogP contribution in [0.4, 0.5) is 4.79 Å². The first-order valence-corrected chi connectivity index (χ1v) is 6.02. The van der Waals surface area contributed by atoms with Crippen molar-refractivity contribution >= 4 is 17.4 Å². The molecule has 2 amide bonds. The molecule has 1 saturated heterocycles. The Labute approximate surface area is 94.1 Å². The van der Waals surface area contributed by atoms with Crippen molar-refractivity contribution in [1.29, 1.82) is 0 Å². The van der Waals surface area contributed by atoms with Crippen LogP contribution >= 0.6 is 11.3 Å². The maximum absolute atomic E-state index is 11.5. The predicted molar refractivity (Wildman–Crippen MR) is 62.3 cm³/mol. The van der Waals surface area contributed by atoms with Gasteiger partial charge in [0.05, 0.1) is 6.04 Å². The number of hydrogen-bond acceptors (Lipinski definition) is 2. The number of urea groups is 1. The predicted octanol–water partition coefficient (Wildman–Crippen LogP) is 2.45. The summed E-state index contributed by atoms with van der Waals surface area (Å²) in [5.74, 6) is 0. The zero-order valence-corrected chi connectivity index (χ0v) is 10.1. The van der Waals surface area contributed by atoms with E-state index >= 15 is 0 Å². The van der Waals surface area contributed by atoms with Crippen LogP contribution in [-0.4, -0.2) is 24.0 Å². The van der Waals surface area contributed by atoms with E-state index in [1.54, 1.807) is 11.3 Å². The number of rotatable bonds is 2. The van der Waals surface area contributed by atoms with E-state index in [0.717, 1.165) is 13.1 Å². The first kappa shape index (κ1) is 10.5. The zero-order valence-electron chi connectivity index (χ0n) is 9.33. The summed E-state index contributed by atoms with van der Waals surface area (Å²) in [5, 5.41) is 2.84. The van der Waals surface area contributed by atoms with E-state index in [-0.39, 0.29) is 12.1 Å². The number of nitrogens with one attached hydrogen (secondary N) is 1. The third kappa shape index (κ3) is 1.86. The number of nitrogens with zero attached hydrogens (tertiary/aromatic N) is 1. The Bertz CT molecular complexity index is 386. The van der Waals surface area contributed by atoms with Gasteiger partial charge in [0.2, 0.25) is 0 Å². The summed E-state index contributed by atoms with van der Waals surface area (Å²) < 4.78 is 0. The van der Waals surface area contributed by atoms with E-state index < -0.39 is 0 Å². The van der Waals surface area contributed by atoms with Crippen molar-refractivity contribution in [1.82, 2.24) is 10.2 Å². The number of aryl methyl sites for hydroxylation is 2. The molecule has 1 fully saturated rings. The topological polar surface area (TPSA) is 32.3 Å². The SMILES string of the molecule is Cc1cc(C(C)N2CCNC2=O)c(C)s1. The van der Waals surface area contributed by atoms with E-state index in [1.807, 2.05) is 4.90 Å². The molecule has 1 atom stereocenters. The standard InChI is InChI=1S/C11H16N2OS/c1-7-6-10(9(3)15-7)8(2)13-5-4-12-11(13)14/h6,8H,4-5H2,1-3H3,(H,12,14). The lowest BCUT2D eigenvalue weighted by Gasteiger charge is -2.23. The quantitative estimate of drug-likeness (QED) is 0.822. The van der Waals surface area contributed by atoms with Crippen LogP contribution in [0.1, 0.15) is 28.3 Å². The van der Waals surface area contributed by atoms with Gasteiger partial charge in [-0.15, -0.1) is 11.3 Å². The maximum atomic E-state index is 11.5. The summed E-state index contributed by atoms with van der Waals surface area (Å²) in [6.07, 6.45) is 0. The molecule has 1 aliphatic heterocycles. The molecule has 82 valence electrons. The Hall–Kier alpha value is -1.03. The third-order valence-electron chi connectivity index (χ3n) is 2.89. The van der Waals surface area contributed by atoms with Gasteiger partial charge in [0, 0.05) is 22.8 Å². The fourth-order valence-corrected chi connectivity index (χ4v) is 3.11. The molecule has 1 unspecified atom stereocenters. The van der Waals surface area contributed by atoms with E-state index in [4.69, 9.17) is 0 Å². The molecular weight excluding hydrogens is 208 g/mol. The van der Waals surface area contributed by atoms with E-state index in [2.05, 4.69) is 32.2 Å². The second kappa shape index (κ2) is 3.85. The van der Waals surface area contributed by atoms with Crippen LogP contribution < -0.4 is 5.32 Å². The van der Waals surface area contributed by atoms with Crippen LogP contribution in [0.2, 0.25) is 0 Å². The van der Waals surface area contributed by atoms with Gasteiger partial charge >= 0.3 is 6.03 Å². The lowest BCUT2D eigenvalue weighted by Crippen LogP contribution is -2.30. The molecule has 2 heterocycles. The van der Waals surface area contributed by atoms with Crippen molar-refractivity contribution in [3.63, 3.8) is 0 Å². The third-order valence-corrected chi connectivity index (χ3v) is 3.87. The highest BCUT2D eigenvalue weighted by molar-refractivity contribution is 7.12. The molecule has 1 aromatic heterocycles. The number of thiophene rings is 1. The lowest BCUT2D eigenvalue weighted by atomic mass is 10.1. The Morgan fingerprint density at radius 1 is 1.53 bits per heavy atom. The lowest BCUT2D eigenvalue weighted by molar-refractivity contribution is 0.202. The zero-order chi connectivity index (χ0) is 11.0. The van der Waals surface area contributed by atoms with E-state index in [0.29, 0.717) is 0 Å². The van der Waals surface area contributed by atoms with Gasteiger partial charge in [-0.25, -0.2) is 4.79 Å². The second-order valence-corrected chi connectivity index (χ2v) is 5.43. The first-order valence-electron chi connectivity index (χ1n) is 5.21. The Kier molecular flexibility index (Phi) is 2.69. The molecule has 4 heteroatoms. The van der Waals surface area contributed by atoms with Crippen molar-refractivity contribution in [2.75, 3.05) is 13.1 Å². The summed E-state index contributed by atoms with van der Waals surface area (Å²) in [4.78, 5) is 16.1. The number of hydrogen-bond donors (Lipinski definition) is 1. The van der Waals surface area contributed by atoms with Crippen molar-refractivity contribution in [2.24, 2.45) is 0 Å². The molecule has 0 bridgehead atoms. The monoisotopic (exact) mass is 224 g/mol. The smallest absolute Gasteiger partial charge is 0.318 e. The minimum atomic E-state index is 0.0609. The molecule has 0 saturated carbocycles. The van der Waals surface area contributed by atoms with Crippen LogP contribution in [0.25, 0.3) is 0 Å². The molecule has 0 aromatic carbocycles. The van der Waals surface area contributed by atoms with Crippen LogP contribution in [-0.2, 0) is 0 Å². The van der Waals surface area contributed by atoms with Gasteiger partial charge in [0.1, 0.15) is 0 Å². The van der Waals surface area contributed by atoms with Crippen molar-refractivity contribution in [2.45, 2.75) is 26.8 Å². The molecule has 1 N–H and O–H groups in total. The molecule has 0 aliphatic carbocycles. The number of carbonyl (C=O) groups excluding carboxylic acids is 1. The Balaban J connectivity index is 2.23. The van der Waals surface area contributed by atoms with E-state index in [9.17, 15) is 4.79 Å². The average Bonchev–Trinajstić information content (AvgIpc) is 2.71. The normalized spacial score (nSPS) is 18.1. The highest BCUT2D eigenvalue weighted by Crippen LogP contribution is 2.30. The van der Waals surface area contributed by atoms with Gasteiger partial charge in [-0.3, -0.25) is 0 Å². The minimum Gasteiger partial charge on any atom is -0.336 e. The molecule has 15 heavy (non-hydrogen) atoms. The Morgan fingerprint density at radius 3 is 2.73 bits per heavy atom. The van der Waals surface area contributed by atoms with Gasteiger partial charge in [-0.1, -0.05) is 0 Å². The van der Waals surface area contributed by atoms with Gasteiger partial charge in [-0.2, -0.15) is 0 Å². The molecule has 0 spiro atoms. The van der Waals surface area contributed by atoms with Crippen molar-refractivity contribution in [3.8, 4) is 0 Å². The van der Waals surface area contributed by atoms with Gasteiger partial charge in [0.25, 0.3) is 0 Å². The molecule has 2 rings (SSSR count). The largest absolute Gasteiger partial charge is 0.336 e. The first-order chi connectivity index (χ1) is 7.09. The summed E-state index contributed by atoms with van der Waals surface area (Å²) in [6, 6.07) is 2.44. The average molecular weight is 224 g/mol. The molecular formula is C11H16N2OS. The van der Waals surface area contributed by atoms with Gasteiger partial charge < -0.3 is 10.2 Å². The summed E-state index contributed by atoms with van der Waals surface area (Å²) in [5.41, 5.74) is 1.29. The molecule has 1 aromatic rings. The van der Waals surface area contributed by atoms with Crippen molar-refractivity contribution in [3.05, 3.63) is 21.4 Å². The van der Waals surface area contributed by atoms with Crippen LogP contribution in [0.15, 0.2) is 6.07 Å². The Morgan fingerprint density at radius 2 is 2.27 bits per heavy atom. The fourth-order valence-electron chi connectivity index (χ4n) is 2.09.